The molecule has 0 aromatic heterocycles. The lowest BCUT2D eigenvalue weighted by molar-refractivity contribution is -0.230. The molecule has 0 aromatic rings. The molecule has 0 saturated heterocycles. The number of ether oxygens (including phenoxy) is 1. The van der Waals surface area contributed by atoms with E-state index in [9.17, 15) is 19.5 Å². The Labute approximate surface area is 198 Å². The maximum absolute atomic E-state index is 17.2. The molecule has 0 spiro atoms. The highest BCUT2D eigenvalue weighted by molar-refractivity contribution is 7.81. The summed E-state index contributed by atoms with van der Waals surface area (Å²) in [6, 6.07) is 0. The molecule has 0 amide bonds. The van der Waals surface area contributed by atoms with Gasteiger partial charge in [0.05, 0.1) is 11.9 Å². The molecule has 4 rings (SSSR count). The maximum atomic E-state index is 17.2. The molecule has 0 radical (unpaired) electrons. The van der Waals surface area contributed by atoms with Gasteiger partial charge in [0.15, 0.2) is 22.8 Å². The predicted molar refractivity (Wildman–Crippen MR) is 121 cm³/mol. The monoisotopic (exact) mass is 482 g/mol. The van der Waals surface area contributed by atoms with Gasteiger partial charge < -0.3 is 9.84 Å². The lowest BCUT2D eigenvalue weighted by Gasteiger charge is -2.63. The standard InChI is InChI=1S/C25H32F2O5S/c1-5-21(31)32-25(20(30)12-33)13(2)8-15-16-10-18(26)17-9-14(28)6-7-22(17,3)24(16,27)19(29)11-23(15,25)4/h6-7,9,13,15-16,18-19,29,33H,5,8,10-12H2,1-4H3/t13?,15-,16-,18?,19?,22-,23-,24-,25-/m0/s1. The van der Waals surface area contributed by atoms with E-state index in [0.717, 1.165) is 6.08 Å². The van der Waals surface area contributed by atoms with Crippen LogP contribution in [0.5, 0.6) is 0 Å². The van der Waals surface area contributed by atoms with Crippen LogP contribution >= 0.6 is 12.6 Å². The largest absolute Gasteiger partial charge is 0.450 e. The van der Waals surface area contributed by atoms with Crippen molar-refractivity contribution in [3.8, 4) is 0 Å². The third kappa shape index (κ3) is 2.89. The fourth-order valence-electron chi connectivity index (χ4n) is 7.76. The number of aliphatic hydroxyl groups is 1. The molecule has 182 valence electrons. The summed E-state index contributed by atoms with van der Waals surface area (Å²) >= 11 is 4.17. The summed E-state index contributed by atoms with van der Waals surface area (Å²) in [6.45, 7) is 6.72. The van der Waals surface area contributed by atoms with Crippen molar-refractivity contribution in [2.45, 2.75) is 76.9 Å². The molecule has 1 N–H and O–H groups in total. The van der Waals surface area contributed by atoms with Crippen molar-refractivity contribution in [1.82, 2.24) is 0 Å². The number of hydrogen-bond acceptors (Lipinski definition) is 6. The zero-order valence-corrected chi connectivity index (χ0v) is 20.3. The van der Waals surface area contributed by atoms with E-state index in [1.165, 1.54) is 19.1 Å². The number of carbonyl (C=O) groups is 3. The minimum Gasteiger partial charge on any atom is -0.450 e. The molecule has 3 saturated carbocycles. The molecule has 0 aromatic carbocycles. The summed E-state index contributed by atoms with van der Waals surface area (Å²) in [6.07, 6.45) is 0.719. The van der Waals surface area contributed by atoms with Crippen molar-refractivity contribution in [3.63, 3.8) is 0 Å². The minimum absolute atomic E-state index is 0.0533. The van der Waals surface area contributed by atoms with Crippen molar-refractivity contribution in [2.75, 3.05) is 5.75 Å². The average Bonchev–Trinajstić information content (AvgIpc) is 2.98. The number of esters is 1. The number of alkyl halides is 2. The Morgan fingerprint density at radius 2 is 1.94 bits per heavy atom. The van der Waals surface area contributed by atoms with E-state index in [4.69, 9.17) is 4.74 Å². The third-order valence-electron chi connectivity index (χ3n) is 9.29. The van der Waals surface area contributed by atoms with Crippen LogP contribution in [0.4, 0.5) is 8.78 Å². The van der Waals surface area contributed by atoms with Crippen molar-refractivity contribution in [2.24, 2.45) is 28.6 Å². The summed E-state index contributed by atoms with van der Waals surface area (Å²) in [5.41, 5.74) is -6.35. The SMILES string of the molecule is CCC(=O)O[C@]1(C(=O)CS)C(C)C[C@H]2[C@@H]3CC(F)C4=CC(=O)C=C[C@]4(C)[C@@]3(F)C(O)C[C@@]21C. The lowest BCUT2D eigenvalue weighted by atomic mass is 9.44. The Bertz CT molecular complexity index is 964. The lowest BCUT2D eigenvalue weighted by Crippen LogP contribution is -2.71. The van der Waals surface area contributed by atoms with Crippen LogP contribution in [0.1, 0.15) is 53.4 Å². The van der Waals surface area contributed by atoms with Gasteiger partial charge >= 0.3 is 5.97 Å². The minimum atomic E-state index is -2.24. The highest BCUT2D eigenvalue weighted by atomic mass is 32.1. The number of Topliss-reactive ketones (excluding diaryl/α,β-unsaturated/α-hetero) is 1. The smallest absolute Gasteiger partial charge is 0.306 e. The summed E-state index contributed by atoms with van der Waals surface area (Å²) in [5.74, 6) is -3.41. The Kier molecular flexibility index (Phi) is 5.76. The molecule has 0 aliphatic heterocycles. The predicted octanol–water partition coefficient (Wildman–Crippen LogP) is 3.74. The van der Waals surface area contributed by atoms with Gasteiger partial charge in [0.2, 0.25) is 0 Å². The fraction of sp³-hybridized carbons (Fsp3) is 0.720. The summed E-state index contributed by atoms with van der Waals surface area (Å²) < 4.78 is 38.6. The molecule has 33 heavy (non-hydrogen) atoms. The van der Waals surface area contributed by atoms with Crippen LogP contribution in [0.15, 0.2) is 23.8 Å². The fourth-order valence-corrected chi connectivity index (χ4v) is 8.00. The number of rotatable bonds is 4. The molecular formula is C25H32F2O5S. The average molecular weight is 483 g/mol. The first-order chi connectivity index (χ1) is 15.3. The molecule has 4 aliphatic carbocycles. The summed E-state index contributed by atoms with van der Waals surface area (Å²) in [5, 5.41) is 11.4. The van der Waals surface area contributed by atoms with Gasteiger partial charge in [0.25, 0.3) is 0 Å². The van der Waals surface area contributed by atoms with E-state index in [2.05, 4.69) is 12.6 Å². The second kappa shape index (κ2) is 7.74. The Hall–Kier alpha value is -1.54. The van der Waals surface area contributed by atoms with E-state index < -0.39 is 63.9 Å². The Morgan fingerprint density at radius 3 is 2.55 bits per heavy atom. The summed E-state index contributed by atoms with van der Waals surface area (Å²) in [7, 11) is 0. The maximum Gasteiger partial charge on any atom is 0.306 e. The van der Waals surface area contributed by atoms with E-state index in [1.807, 2.05) is 0 Å². The molecule has 9 atom stereocenters. The molecule has 4 aliphatic rings. The second-order valence-corrected chi connectivity index (χ2v) is 11.0. The van der Waals surface area contributed by atoms with Crippen LogP contribution in [0.25, 0.3) is 0 Å². The van der Waals surface area contributed by atoms with E-state index in [1.54, 1.807) is 20.8 Å². The van der Waals surface area contributed by atoms with Gasteiger partial charge in [-0.15, -0.1) is 0 Å². The quantitative estimate of drug-likeness (QED) is 0.471. The molecule has 0 heterocycles. The molecular weight excluding hydrogens is 450 g/mol. The van der Waals surface area contributed by atoms with Crippen LogP contribution in [-0.2, 0) is 19.1 Å². The molecule has 0 bridgehead atoms. The van der Waals surface area contributed by atoms with Gasteiger partial charge in [0, 0.05) is 29.1 Å². The zero-order valence-electron chi connectivity index (χ0n) is 19.4. The van der Waals surface area contributed by atoms with E-state index in [0.29, 0.717) is 6.42 Å². The number of halogens is 2. The first-order valence-electron chi connectivity index (χ1n) is 11.7. The first kappa shape index (κ1) is 24.6. The van der Waals surface area contributed by atoms with Gasteiger partial charge in [-0.1, -0.05) is 26.8 Å². The van der Waals surface area contributed by atoms with Crippen molar-refractivity contribution in [1.29, 1.82) is 0 Å². The van der Waals surface area contributed by atoms with E-state index >= 15 is 8.78 Å². The highest BCUT2D eigenvalue weighted by Crippen LogP contribution is 2.71. The van der Waals surface area contributed by atoms with Crippen molar-refractivity contribution in [3.05, 3.63) is 23.8 Å². The van der Waals surface area contributed by atoms with Crippen LogP contribution in [0.2, 0.25) is 0 Å². The van der Waals surface area contributed by atoms with Gasteiger partial charge in [-0.3, -0.25) is 14.4 Å². The normalized spacial score (nSPS) is 48.4. The molecule has 5 nitrogen and oxygen atoms in total. The van der Waals surface area contributed by atoms with Crippen molar-refractivity contribution >= 4 is 30.2 Å². The number of fused-ring (bicyclic) bond motifs is 5. The first-order valence-corrected chi connectivity index (χ1v) is 12.3. The topological polar surface area (TPSA) is 80.7 Å². The van der Waals surface area contributed by atoms with Crippen LogP contribution in [0.3, 0.4) is 0 Å². The number of thiol groups is 1. The zero-order chi connectivity index (χ0) is 24.6. The van der Waals surface area contributed by atoms with E-state index in [-0.39, 0.29) is 36.4 Å². The molecule has 3 fully saturated rings. The number of carbonyl (C=O) groups excluding carboxylic acids is 3. The van der Waals surface area contributed by atoms with Crippen LogP contribution in [-0.4, -0.2) is 51.9 Å². The molecule has 3 unspecified atom stereocenters. The van der Waals surface area contributed by atoms with Crippen LogP contribution < -0.4 is 0 Å². The number of hydrogen-bond donors (Lipinski definition) is 2. The Morgan fingerprint density at radius 1 is 1.27 bits per heavy atom. The van der Waals surface area contributed by atoms with Gasteiger partial charge in [-0.2, -0.15) is 12.6 Å². The number of aliphatic hydroxyl groups excluding tert-OH is 1. The van der Waals surface area contributed by atoms with Crippen molar-refractivity contribution < 1.29 is 33.0 Å². The van der Waals surface area contributed by atoms with Gasteiger partial charge in [-0.05, 0) is 49.8 Å². The van der Waals surface area contributed by atoms with Gasteiger partial charge in [0.1, 0.15) is 6.17 Å². The van der Waals surface area contributed by atoms with Crippen LogP contribution in [0, 0.1) is 28.6 Å². The highest BCUT2D eigenvalue weighted by Gasteiger charge is 2.77. The molecule has 8 heteroatoms. The van der Waals surface area contributed by atoms with Gasteiger partial charge in [-0.25, -0.2) is 8.78 Å². The number of ketones is 2. The Balaban J connectivity index is 1.88. The third-order valence-corrected chi connectivity index (χ3v) is 9.58. The number of allylic oxidation sites excluding steroid dienone is 4. The second-order valence-electron chi connectivity index (χ2n) is 10.6. The summed E-state index contributed by atoms with van der Waals surface area (Å²) in [4.78, 5) is 37.7.